The van der Waals surface area contributed by atoms with Crippen molar-refractivity contribution in [1.82, 2.24) is 9.97 Å². The maximum absolute atomic E-state index is 14.0. The molecule has 0 N–H and O–H groups in total. The summed E-state index contributed by atoms with van der Waals surface area (Å²) < 4.78 is 14.0. The predicted octanol–water partition coefficient (Wildman–Crippen LogP) is 2.98. The van der Waals surface area contributed by atoms with Gasteiger partial charge < -0.3 is 4.90 Å². The minimum absolute atomic E-state index is 0.168. The molecular weight excluding hydrogens is 273 g/mol. The highest BCUT2D eigenvalue weighted by molar-refractivity contribution is 7.99. The Morgan fingerprint density at radius 2 is 2.00 bits per heavy atom. The van der Waals surface area contributed by atoms with Crippen LogP contribution in [0, 0.1) is 5.82 Å². The van der Waals surface area contributed by atoms with Crippen LogP contribution in [0.4, 0.5) is 10.2 Å². The van der Waals surface area contributed by atoms with E-state index in [2.05, 4.69) is 14.9 Å². The van der Waals surface area contributed by atoms with E-state index in [-0.39, 0.29) is 11.1 Å². The Kier molecular flexibility index (Phi) is 3.26. The summed E-state index contributed by atoms with van der Waals surface area (Å²) in [6, 6.07) is 4.83. The highest BCUT2D eigenvalue weighted by atomic mass is 35.5. The van der Waals surface area contributed by atoms with E-state index in [1.165, 1.54) is 6.07 Å². The summed E-state index contributed by atoms with van der Waals surface area (Å²) in [6.07, 6.45) is 0. The molecule has 1 fully saturated rings. The molecule has 6 heteroatoms. The zero-order chi connectivity index (χ0) is 12.5. The lowest BCUT2D eigenvalue weighted by atomic mass is 10.2. The molecule has 0 bridgehead atoms. The second-order valence-electron chi connectivity index (χ2n) is 4.05. The molecule has 1 saturated heterocycles. The molecule has 3 rings (SSSR count). The van der Waals surface area contributed by atoms with Gasteiger partial charge in [0.2, 0.25) is 5.28 Å². The number of rotatable bonds is 1. The zero-order valence-corrected chi connectivity index (χ0v) is 11.1. The van der Waals surface area contributed by atoms with Gasteiger partial charge in [-0.1, -0.05) is 6.07 Å². The van der Waals surface area contributed by atoms with Crippen LogP contribution >= 0.6 is 23.4 Å². The Morgan fingerprint density at radius 3 is 2.78 bits per heavy atom. The van der Waals surface area contributed by atoms with Gasteiger partial charge in [-0.3, -0.25) is 0 Å². The number of nitrogens with zero attached hydrogens (tertiary/aromatic N) is 3. The minimum atomic E-state index is -0.294. The van der Waals surface area contributed by atoms with E-state index < -0.39 is 0 Å². The maximum Gasteiger partial charge on any atom is 0.224 e. The lowest BCUT2D eigenvalue weighted by Gasteiger charge is -2.28. The van der Waals surface area contributed by atoms with Crippen LogP contribution in [0.15, 0.2) is 18.2 Å². The summed E-state index contributed by atoms with van der Waals surface area (Å²) >= 11 is 7.81. The average molecular weight is 284 g/mol. The number of aromatic nitrogens is 2. The highest BCUT2D eigenvalue weighted by Gasteiger charge is 2.18. The Labute approximate surface area is 113 Å². The van der Waals surface area contributed by atoms with E-state index in [1.54, 1.807) is 12.1 Å². The van der Waals surface area contributed by atoms with Crippen LogP contribution in [0.2, 0.25) is 5.28 Å². The fraction of sp³-hybridized carbons (Fsp3) is 0.333. The van der Waals surface area contributed by atoms with E-state index in [4.69, 9.17) is 11.6 Å². The first-order chi connectivity index (χ1) is 8.75. The molecule has 0 amide bonds. The number of benzene rings is 1. The zero-order valence-electron chi connectivity index (χ0n) is 9.57. The van der Waals surface area contributed by atoms with Crippen molar-refractivity contribution >= 4 is 40.1 Å². The van der Waals surface area contributed by atoms with Gasteiger partial charge in [0.15, 0.2) is 0 Å². The summed E-state index contributed by atoms with van der Waals surface area (Å²) in [4.78, 5) is 10.4. The monoisotopic (exact) mass is 283 g/mol. The summed E-state index contributed by atoms with van der Waals surface area (Å²) in [5, 5.41) is 0.634. The van der Waals surface area contributed by atoms with Gasteiger partial charge in [-0.05, 0) is 23.7 Å². The first-order valence-corrected chi connectivity index (χ1v) is 7.23. The molecule has 0 aliphatic carbocycles. The number of hydrogen-bond donors (Lipinski definition) is 0. The van der Waals surface area contributed by atoms with Crippen LogP contribution in [0.25, 0.3) is 10.9 Å². The van der Waals surface area contributed by atoms with Crippen LogP contribution < -0.4 is 4.90 Å². The van der Waals surface area contributed by atoms with Gasteiger partial charge in [-0.2, -0.15) is 16.7 Å². The van der Waals surface area contributed by atoms with Gasteiger partial charge in [0.1, 0.15) is 11.6 Å². The largest absolute Gasteiger partial charge is 0.354 e. The Bertz CT molecular complexity index is 587. The molecule has 1 aliphatic rings. The third kappa shape index (κ3) is 2.12. The molecule has 3 nitrogen and oxygen atoms in total. The normalized spacial score (nSPS) is 16.2. The van der Waals surface area contributed by atoms with Crippen molar-refractivity contribution in [3.8, 4) is 0 Å². The lowest BCUT2D eigenvalue weighted by molar-refractivity contribution is 0.638. The summed E-state index contributed by atoms with van der Waals surface area (Å²) in [6.45, 7) is 1.73. The van der Waals surface area contributed by atoms with E-state index in [0.29, 0.717) is 16.7 Å². The number of hydrogen-bond acceptors (Lipinski definition) is 4. The molecule has 0 saturated carbocycles. The maximum atomic E-state index is 14.0. The van der Waals surface area contributed by atoms with Crippen LogP contribution in [0.5, 0.6) is 0 Å². The van der Waals surface area contributed by atoms with Gasteiger partial charge in [0.05, 0.1) is 10.9 Å². The number of fused-ring (bicyclic) bond motifs is 1. The molecule has 2 heterocycles. The van der Waals surface area contributed by atoms with E-state index in [9.17, 15) is 4.39 Å². The Morgan fingerprint density at radius 1 is 1.22 bits per heavy atom. The van der Waals surface area contributed by atoms with Gasteiger partial charge in [0, 0.05) is 24.6 Å². The first kappa shape index (κ1) is 12.0. The molecule has 0 radical (unpaired) electrons. The molecule has 0 atom stereocenters. The second-order valence-corrected chi connectivity index (χ2v) is 5.61. The second kappa shape index (κ2) is 4.90. The molecule has 1 aliphatic heterocycles. The van der Waals surface area contributed by atoms with Gasteiger partial charge >= 0.3 is 0 Å². The highest BCUT2D eigenvalue weighted by Crippen LogP contribution is 2.29. The van der Waals surface area contributed by atoms with Crippen molar-refractivity contribution in [3.05, 3.63) is 29.3 Å². The van der Waals surface area contributed by atoms with Crippen LogP contribution in [0.1, 0.15) is 0 Å². The topological polar surface area (TPSA) is 29.0 Å². The molecule has 1 aromatic heterocycles. The fourth-order valence-corrected chi connectivity index (χ4v) is 3.17. The molecular formula is C12H11ClFN3S. The standard InChI is InChI=1S/C12H11ClFN3S/c13-12-15-9-3-1-2-8(14)10(9)11(16-12)17-4-6-18-7-5-17/h1-3H,4-7H2. The summed E-state index contributed by atoms with van der Waals surface area (Å²) in [7, 11) is 0. The quantitative estimate of drug-likeness (QED) is 0.753. The van der Waals surface area contributed by atoms with Crippen LogP contribution in [-0.2, 0) is 0 Å². The van der Waals surface area contributed by atoms with E-state index in [1.807, 2.05) is 11.8 Å². The smallest absolute Gasteiger partial charge is 0.224 e. The summed E-state index contributed by atoms with van der Waals surface area (Å²) in [5.41, 5.74) is 0.559. The van der Waals surface area contributed by atoms with E-state index >= 15 is 0 Å². The lowest BCUT2D eigenvalue weighted by Crippen LogP contribution is -2.33. The van der Waals surface area contributed by atoms with Crippen molar-refractivity contribution in [2.24, 2.45) is 0 Å². The number of thioether (sulfide) groups is 1. The predicted molar refractivity (Wildman–Crippen MR) is 74.0 cm³/mol. The Hall–Kier alpha value is -1.07. The van der Waals surface area contributed by atoms with Crippen LogP contribution in [0.3, 0.4) is 0 Å². The SMILES string of the molecule is Fc1cccc2nc(Cl)nc(N3CCSCC3)c12. The fourth-order valence-electron chi connectivity index (χ4n) is 2.10. The average Bonchev–Trinajstić information content (AvgIpc) is 2.39. The molecule has 18 heavy (non-hydrogen) atoms. The van der Waals surface area contributed by atoms with Gasteiger partial charge in [0.25, 0.3) is 0 Å². The first-order valence-electron chi connectivity index (χ1n) is 5.70. The number of halogens is 2. The Balaban J connectivity index is 2.19. The molecule has 0 spiro atoms. The number of anilines is 1. The minimum Gasteiger partial charge on any atom is -0.354 e. The van der Waals surface area contributed by atoms with Crippen molar-refractivity contribution < 1.29 is 4.39 Å². The van der Waals surface area contributed by atoms with Crippen molar-refractivity contribution in [2.45, 2.75) is 0 Å². The van der Waals surface area contributed by atoms with Crippen molar-refractivity contribution in [2.75, 3.05) is 29.5 Å². The van der Waals surface area contributed by atoms with Crippen molar-refractivity contribution in [3.63, 3.8) is 0 Å². The molecule has 1 aromatic carbocycles. The molecule has 2 aromatic rings. The van der Waals surface area contributed by atoms with Crippen molar-refractivity contribution in [1.29, 1.82) is 0 Å². The van der Waals surface area contributed by atoms with E-state index in [0.717, 1.165) is 24.6 Å². The third-order valence-corrected chi connectivity index (χ3v) is 4.05. The molecule has 94 valence electrons. The van der Waals surface area contributed by atoms with Gasteiger partial charge in [-0.25, -0.2) is 9.37 Å². The van der Waals surface area contributed by atoms with Gasteiger partial charge in [-0.15, -0.1) is 0 Å². The van der Waals surface area contributed by atoms with Crippen LogP contribution in [-0.4, -0.2) is 34.6 Å². The third-order valence-electron chi connectivity index (χ3n) is 2.94. The molecule has 0 unspecified atom stereocenters. The summed E-state index contributed by atoms with van der Waals surface area (Å²) in [5.74, 6) is 2.37.